The standard InChI is InChI=1S/C10H11NO3/c12-10(13)14-9-8-4-2-1-3-7(8)5-6-11-9/h1-4,9,11H,5-6H2,(H,12,13)/t9-/m0/s1. The molecule has 2 rings (SSSR count). The molecule has 1 aliphatic heterocycles. The Bertz CT molecular complexity index is 351. The summed E-state index contributed by atoms with van der Waals surface area (Å²) in [7, 11) is 0. The SMILES string of the molecule is O=C(O)O[C@@H]1NCCc2ccccc21. The second-order valence-corrected chi connectivity index (χ2v) is 3.17. The van der Waals surface area contributed by atoms with Gasteiger partial charge in [0.25, 0.3) is 0 Å². The minimum atomic E-state index is -1.25. The molecule has 0 saturated carbocycles. The number of carbonyl (C=O) groups is 1. The van der Waals surface area contributed by atoms with E-state index in [2.05, 4.69) is 5.32 Å². The molecule has 1 aromatic carbocycles. The number of ether oxygens (including phenoxy) is 1. The summed E-state index contributed by atoms with van der Waals surface area (Å²) >= 11 is 0. The third-order valence-electron chi connectivity index (χ3n) is 2.28. The number of rotatable bonds is 1. The zero-order valence-corrected chi connectivity index (χ0v) is 7.56. The van der Waals surface area contributed by atoms with Gasteiger partial charge in [0.1, 0.15) is 0 Å². The lowest BCUT2D eigenvalue weighted by Crippen LogP contribution is -2.32. The molecule has 2 N–H and O–H groups in total. The van der Waals surface area contributed by atoms with E-state index in [1.165, 1.54) is 0 Å². The molecule has 0 fully saturated rings. The first-order valence-electron chi connectivity index (χ1n) is 4.48. The summed E-state index contributed by atoms with van der Waals surface area (Å²) in [4.78, 5) is 10.4. The van der Waals surface area contributed by atoms with Gasteiger partial charge in [-0.2, -0.15) is 0 Å². The topological polar surface area (TPSA) is 58.6 Å². The summed E-state index contributed by atoms with van der Waals surface area (Å²) in [5, 5.41) is 11.5. The Morgan fingerprint density at radius 1 is 1.50 bits per heavy atom. The molecule has 0 spiro atoms. The maximum Gasteiger partial charge on any atom is 0.507 e. The molecule has 0 saturated heterocycles. The van der Waals surface area contributed by atoms with Crippen LogP contribution < -0.4 is 5.32 Å². The van der Waals surface area contributed by atoms with Crippen LogP contribution >= 0.6 is 0 Å². The largest absolute Gasteiger partial charge is 0.507 e. The monoisotopic (exact) mass is 193 g/mol. The van der Waals surface area contributed by atoms with Crippen molar-refractivity contribution < 1.29 is 14.6 Å². The van der Waals surface area contributed by atoms with Gasteiger partial charge >= 0.3 is 6.16 Å². The Morgan fingerprint density at radius 2 is 2.29 bits per heavy atom. The zero-order chi connectivity index (χ0) is 9.97. The number of fused-ring (bicyclic) bond motifs is 1. The van der Waals surface area contributed by atoms with Crippen molar-refractivity contribution in [1.29, 1.82) is 0 Å². The molecular formula is C10H11NO3. The molecule has 0 unspecified atom stereocenters. The Hall–Kier alpha value is -1.55. The summed E-state index contributed by atoms with van der Waals surface area (Å²) < 4.78 is 4.72. The molecule has 1 atom stereocenters. The van der Waals surface area contributed by atoms with Crippen LogP contribution in [0.5, 0.6) is 0 Å². The van der Waals surface area contributed by atoms with E-state index in [0.29, 0.717) is 0 Å². The molecule has 0 aromatic heterocycles. The predicted molar refractivity (Wildman–Crippen MR) is 50.0 cm³/mol. The lowest BCUT2D eigenvalue weighted by atomic mass is 10.00. The first-order valence-corrected chi connectivity index (χ1v) is 4.48. The normalized spacial score (nSPS) is 19.9. The van der Waals surface area contributed by atoms with Gasteiger partial charge in [-0.1, -0.05) is 24.3 Å². The fraction of sp³-hybridized carbons (Fsp3) is 0.300. The molecule has 0 bridgehead atoms. The van der Waals surface area contributed by atoms with Crippen LogP contribution in [-0.4, -0.2) is 17.8 Å². The number of nitrogens with one attached hydrogen (secondary N) is 1. The van der Waals surface area contributed by atoms with Crippen LogP contribution in [0.4, 0.5) is 4.79 Å². The molecular weight excluding hydrogens is 182 g/mol. The molecule has 1 aliphatic rings. The van der Waals surface area contributed by atoms with Crippen molar-refractivity contribution >= 4 is 6.16 Å². The highest BCUT2D eigenvalue weighted by molar-refractivity contribution is 5.57. The fourth-order valence-electron chi connectivity index (χ4n) is 1.67. The summed E-state index contributed by atoms with van der Waals surface area (Å²) in [6, 6.07) is 7.70. The molecule has 1 heterocycles. The van der Waals surface area contributed by atoms with Crippen LogP contribution in [0.3, 0.4) is 0 Å². The third-order valence-corrected chi connectivity index (χ3v) is 2.28. The first kappa shape index (κ1) is 9.02. The van der Waals surface area contributed by atoms with E-state index in [9.17, 15) is 4.79 Å². The Morgan fingerprint density at radius 3 is 3.07 bits per heavy atom. The van der Waals surface area contributed by atoms with Crippen LogP contribution in [0, 0.1) is 0 Å². The van der Waals surface area contributed by atoms with Gasteiger partial charge in [-0.25, -0.2) is 4.79 Å². The molecule has 4 heteroatoms. The second kappa shape index (κ2) is 3.67. The first-order chi connectivity index (χ1) is 6.77. The summed E-state index contributed by atoms with van der Waals surface area (Å²) in [5.41, 5.74) is 2.07. The smallest absolute Gasteiger partial charge is 0.450 e. The highest BCUT2D eigenvalue weighted by Crippen LogP contribution is 2.23. The molecule has 0 aliphatic carbocycles. The van der Waals surface area contributed by atoms with Gasteiger partial charge in [-0.05, 0) is 12.0 Å². The Labute approximate surface area is 81.5 Å². The van der Waals surface area contributed by atoms with E-state index >= 15 is 0 Å². The van der Waals surface area contributed by atoms with Crippen LogP contribution in [0.2, 0.25) is 0 Å². The molecule has 74 valence electrons. The lowest BCUT2D eigenvalue weighted by molar-refractivity contribution is 0.0332. The number of carboxylic acid groups (broad SMARTS) is 1. The number of hydrogen-bond donors (Lipinski definition) is 2. The Kier molecular flexibility index (Phi) is 2.37. The van der Waals surface area contributed by atoms with Crippen LogP contribution in [0.25, 0.3) is 0 Å². The average Bonchev–Trinajstić information content (AvgIpc) is 2.18. The highest BCUT2D eigenvalue weighted by atomic mass is 16.7. The van der Waals surface area contributed by atoms with Gasteiger partial charge in [0, 0.05) is 12.1 Å². The predicted octanol–water partition coefficient (Wildman–Crippen LogP) is 1.53. The van der Waals surface area contributed by atoms with E-state index in [4.69, 9.17) is 9.84 Å². The van der Waals surface area contributed by atoms with Crippen LogP contribution in [0.1, 0.15) is 17.4 Å². The van der Waals surface area contributed by atoms with Gasteiger partial charge in [-0.15, -0.1) is 0 Å². The average molecular weight is 193 g/mol. The van der Waals surface area contributed by atoms with E-state index in [-0.39, 0.29) is 0 Å². The van der Waals surface area contributed by atoms with Gasteiger partial charge in [-0.3, -0.25) is 5.32 Å². The summed E-state index contributed by atoms with van der Waals surface area (Å²) in [6.45, 7) is 0.745. The van der Waals surface area contributed by atoms with E-state index < -0.39 is 12.4 Å². The minimum Gasteiger partial charge on any atom is -0.450 e. The highest BCUT2D eigenvalue weighted by Gasteiger charge is 2.21. The zero-order valence-electron chi connectivity index (χ0n) is 7.56. The van der Waals surface area contributed by atoms with Gasteiger partial charge in [0.15, 0.2) is 6.23 Å². The molecule has 0 radical (unpaired) electrons. The van der Waals surface area contributed by atoms with Gasteiger partial charge in [0.2, 0.25) is 0 Å². The van der Waals surface area contributed by atoms with Crippen molar-refractivity contribution in [2.75, 3.05) is 6.54 Å². The molecule has 14 heavy (non-hydrogen) atoms. The van der Waals surface area contributed by atoms with Crippen molar-refractivity contribution in [1.82, 2.24) is 5.32 Å². The maximum atomic E-state index is 10.4. The minimum absolute atomic E-state index is 0.516. The van der Waals surface area contributed by atoms with E-state index in [0.717, 1.165) is 24.1 Å². The lowest BCUT2D eigenvalue weighted by Gasteiger charge is -2.25. The number of hydrogen-bond acceptors (Lipinski definition) is 3. The van der Waals surface area contributed by atoms with Gasteiger partial charge in [0.05, 0.1) is 0 Å². The second-order valence-electron chi connectivity index (χ2n) is 3.17. The maximum absolute atomic E-state index is 10.4. The van der Waals surface area contributed by atoms with Crippen molar-refractivity contribution in [3.05, 3.63) is 35.4 Å². The molecule has 0 amide bonds. The Balaban J connectivity index is 2.26. The third kappa shape index (κ3) is 1.70. The summed E-state index contributed by atoms with van der Waals surface area (Å²) in [5.74, 6) is 0. The van der Waals surface area contributed by atoms with Crippen molar-refractivity contribution in [3.63, 3.8) is 0 Å². The van der Waals surface area contributed by atoms with Crippen molar-refractivity contribution in [2.24, 2.45) is 0 Å². The van der Waals surface area contributed by atoms with E-state index in [1.54, 1.807) is 0 Å². The fourth-order valence-corrected chi connectivity index (χ4v) is 1.67. The molecule has 4 nitrogen and oxygen atoms in total. The molecule has 1 aromatic rings. The number of benzene rings is 1. The van der Waals surface area contributed by atoms with Crippen LogP contribution in [-0.2, 0) is 11.2 Å². The van der Waals surface area contributed by atoms with Crippen molar-refractivity contribution in [2.45, 2.75) is 12.6 Å². The van der Waals surface area contributed by atoms with Gasteiger partial charge < -0.3 is 9.84 Å². The quantitative estimate of drug-likeness (QED) is 0.664. The van der Waals surface area contributed by atoms with Crippen molar-refractivity contribution in [3.8, 4) is 0 Å². The van der Waals surface area contributed by atoms with Crippen LogP contribution in [0.15, 0.2) is 24.3 Å². The summed E-state index contributed by atoms with van der Waals surface area (Å²) in [6.07, 6.45) is -0.855. The van der Waals surface area contributed by atoms with E-state index in [1.807, 2.05) is 24.3 Å².